The van der Waals surface area contributed by atoms with Gasteiger partial charge >= 0.3 is 0 Å². The number of hydrogen-bond acceptors (Lipinski definition) is 6. The summed E-state index contributed by atoms with van der Waals surface area (Å²) in [6.45, 7) is 5.15. The van der Waals surface area contributed by atoms with Crippen molar-refractivity contribution in [1.82, 2.24) is 15.2 Å². The third kappa shape index (κ3) is 7.11. The average molecular weight is 386 g/mol. The number of hydrogen-bond donors (Lipinski definition) is 2. The second-order valence-electron chi connectivity index (χ2n) is 7.15. The van der Waals surface area contributed by atoms with E-state index >= 15 is 0 Å². The standard InChI is InChI=1S/C22H31N3O3/c26-20(17-25-12-4-1-5-13-25)18-28-22-9-3-2-7-19(22)15-24-11-14-27-21-8-6-10-23-16-21/h2-3,6-10,16,20,24,26H,1,4-5,11-15,17-18H2. The summed E-state index contributed by atoms with van der Waals surface area (Å²) >= 11 is 0. The van der Waals surface area contributed by atoms with Crippen LogP contribution in [-0.2, 0) is 6.54 Å². The van der Waals surface area contributed by atoms with Gasteiger partial charge in [-0.05, 0) is 44.1 Å². The van der Waals surface area contributed by atoms with Crippen molar-refractivity contribution in [3.8, 4) is 11.5 Å². The van der Waals surface area contributed by atoms with Gasteiger partial charge in [0.15, 0.2) is 0 Å². The highest BCUT2D eigenvalue weighted by atomic mass is 16.5. The maximum atomic E-state index is 10.3. The van der Waals surface area contributed by atoms with Gasteiger partial charge < -0.3 is 24.8 Å². The van der Waals surface area contributed by atoms with Gasteiger partial charge in [0.25, 0.3) is 0 Å². The van der Waals surface area contributed by atoms with Gasteiger partial charge in [-0.25, -0.2) is 0 Å². The van der Waals surface area contributed by atoms with E-state index in [1.807, 2.05) is 36.4 Å². The molecule has 1 aromatic heterocycles. The van der Waals surface area contributed by atoms with Crippen molar-refractivity contribution in [3.05, 3.63) is 54.4 Å². The van der Waals surface area contributed by atoms with Crippen molar-refractivity contribution < 1.29 is 14.6 Å². The Balaban J connectivity index is 1.37. The van der Waals surface area contributed by atoms with Crippen molar-refractivity contribution >= 4 is 0 Å². The Morgan fingerprint density at radius 3 is 2.75 bits per heavy atom. The van der Waals surface area contributed by atoms with E-state index < -0.39 is 6.10 Å². The van der Waals surface area contributed by atoms with Gasteiger partial charge in [0.2, 0.25) is 0 Å². The molecule has 0 amide bonds. The predicted octanol–water partition coefficient (Wildman–Crippen LogP) is 2.48. The Hall–Kier alpha value is -2.15. The molecule has 6 heteroatoms. The van der Waals surface area contributed by atoms with Crippen LogP contribution in [0.5, 0.6) is 11.5 Å². The van der Waals surface area contributed by atoms with E-state index in [4.69, 9.17) is 9.47 Å². The smallest absolute Gasteiger partial charge is 0.137 e. The van der Waals surface area contributed by atoms with Gasteiger partial charge in [0.1, 0.15) is 30.8 Å². The molecule has 152 valence electrons. The summed E-state index contributed by atoms with van der Waals surface area (Å²) in [7, 11) is 0. The fraction of sp³-hybridized carbons (Fsp3) is 0.500. The van der Waals surface area contributed by atoms with Crippen LogP contribution < -0.4 is 14.8 Å². The van der Waals surface area contributed by atoms with E-state index in [1.165, 1.54) is 19.3 Å². The van der Waals surface area contributed by atoms with E-state index in [2.05, 4.69) is 15.2 Å². The molecule has 28 heavy (non-hydrogen) atoms. The molecule has 1 aromatic carbocycles. The second-order valence-corrected chi connectivity index (χ2v) is 7.15. The molecule has 0 bridgehead atoms. The van der Waals surface area contributed by atoms with Crippen LogP contribution in [0.1, 0.15) is 24.8 Å². The molecule has 2 aromatic rings. The first-order valence-corrected chi connectivity index (χ1v) is 10.2. The molecule has 0 spiro atoms. The Kier molecular flexibility index (Phi) is 8.55. The monoisotopic (exact) mass is 385 g/mol. The van der Waals surface area contributed by atoms with Crippen molar-refractivity contribution in [3.63, 3.8) is 0 Å². The normalized spacial score (nSPS) is 15.9. The van der Waals surface area contributed by atoms with Crippen LogP contribution in [0.15, 0.2) is 48.8 Å². The van der Waals surface area contributed by atoms with Crippen molar-refractivity contribution in [2.45, 2.75) is 31.9 Å². The minimum atomic E-state index is -0.466. The summed E-state index contributed by atoms with van der Waals surface area (Å²) in [6, 6.07) is 11.7. The van der Waals surface area contributed by atoms with Gasteiger partial charge in [0, 0.05) is 31.4 Å². The van der Waals surface area contributed by atoms with Crippen LogP contribution in [0.4, 0.5) is 0 Å². The van der Waals surface area contributed by atoms with Crippen molar-refractivity contribution in [2.24, 2.45) is 0 Å². The highest BCUT2D eigenvalue weighted by Gasteiger charge is 2.15. The van der Waals surface area contributed by atoms with Crippen LogP contribution in [0, 0.1) is 0 Å². The zero-order valence-corrected chi connectivity index (χ0v) is 16.4. The van der Waals surface area contributed by atoms with E-state index in [-0.39, 0.29) is 0 Å². The lowest BCUT2D eigenvalue weighted by Gasteiger charge is -2.28. The Bertz CT molecular complexity index is 678. The first-order chi connectivity index (χ1) is 13.8. The van der Waals surface area contributed by atoms with Crippen LogP contribution in [0.2, 0.25) is 0 Å². The number of aliphatic hydroxyl groups excluding tert-OH is 1. The minimum absolute atomic E-state index is 0.317. The van der Waals surface area contributed by atoms with Gasteiger partial charge in [-0.1, -0.05) is 24.6 Å². The molecule has 1 unspecified atom stereocenters. The topological polar surface area (TPSA) is 66.8 Å². The highest BCUT2D eigenvalue weighted by molar-refractivity contribution is 5.33. The lowest BCUT2D eigenvalue weighted by atomic mass is 10.1. The number of piperidine rings is 1. The number of para-hydroxylation sites is 1. The molecule has 1 fully saturated rings. The predicted molar refractivity (Wildman–Crippen MR) is 110 cm³/mol. The maximum absolute atomic E-state index is 10.3. The molecule has 1 atom stereocenters. The van der Waals surface area contributed by atoms with Crippen LogP contribution >= 0.6 is 0 Å². The molecule has 0 saturated carbocycles. The molecule has 1 aliphatic rings. The Labute approximate surface area is 167 Å². The van der Waals surface area contributed by atoms with Gasteiger partial charge in [-0.3, -0.25) is 4.98 Å². The van der Waals surface area contributed by atoms with Crippen molar-refractivity contribution in [2.75, 3.05) is 39.4 Å². The number of pyridine rings is 1. The molecular formula is C22H31N3O3. The molecule has 0 aliphatic carbocycles. The number of rotatable bonds is 11. The summed E-state index contributed by atoms with van der Waals surface area (Å²) < 4.78 is 11.5. The number of aromatic nitrogens is 1. The maximum Gasteiger partial charge on any atom is 0.137 e. The average Bonchev–Trinajstić information content (AvgIpc) is 2.74. The summed E-state index contributed by atoms with van der Waals surface area (Å²) in [5, 5.41) is 13.7. The lowest BCUT2D eigenvalue weighted by molar-refractivity contribution is 0.0614. The van der Waals surface area contributed by atoms with Crippen molar-refractivity contribution in [1.29, 1.82) is 0 Å². The van der Waals surface area contributed by atoms with E-state index in [0.29, 0.717) is 26.3 Å². The number of benzene rings is 1. The first-order valence-electron chi connectivity index (χ1n) is 10.2. The van der Waals surface area contributed by atoms with Gasteiger partial charge in [-0.2, -0.15) is 0 Å². The quantitative estimate of drug-likeness (QED) is 0.580. The molecule has 0 radical (unpaired) electrons. The number of β-amino-alcohol motifs (C(OH)–C–C–N with tert-alkyl or cyclic N) is 1. The molecule has 3 rings (SSSR count). The summed E-state index contributed by atoms with van der Waals surface area (Å²) in [6.07, 6.45) is 6.73. The molecule has 2 heterocycles. The molecule has 1 aliphatic heterocycles. The third-order valence-corrected chi connectivity index (χ3v) is 4.82. The SMILES string of the molecule is OC(COc1ccccc1CNCCOc1cccnc1)CN1CCCCC1. The third-order valence-electron chi connectivity index (χ3n) is 4.82. The molecule has 6 nitrogen and oxygen atoms in total. The van der Waals surface area contributed by atoms with E-state index in [9.17, 15) is 5.11 Å². The van der Waals surface area contributed by atoms with Crippen LogP contribution in [0.3, 0.4) is 0 Å². The minimum Gasteiger partial charge on any atom is -0.491 e. The Morgan fingerprint density at radius 1 is 1.07 bits per heavy atom. The van der Waals surface area contributed by atoms with Gasteiger partial charge in [-0.15, -0.1) is 0 Å². The molecule has 2 N–H and O–H groups in total. The summed E-state index contributed by atoms with van der Waals surface area (Å²) in [5.74, 6) is 1.59. The van der Waals surface area contributed by atoms with Crippen LogP contribution in [-0.4, -0.2) is 60.5 Å². The number of ether oxygens (including phenoxy) is 2. The fourth-order valence-electron chi connectivity index (χ4n) is 3.37. The summed E-state index contributed by atoms with van der Waals surface area (Å²) in [4.78, 5) is 6.36. The number of aliphatic hydroxyl groups is 1. The molecule has 1 saturated heterocycles. The zero-order valence-electron chi connectivity index (χ0n) is 16.4. The van der Waals surface area contributed by atoms with Crippen LogP contribution in [0.25, 0.3) is 0 Å². The first kappa shape index (κ1) is 20.6. The number of likely N-dealkylation sites (tertiary alicyclic amines) is 1. The number of nitrogens with zero attached hydrogens (tertiary/aromatic N) is 2. The fourth-order valence-corrected chi connectivity index (χ4v) is 3.37. The highest BCUT2D eigenvalue weighted by Crippen LogP contribution is 2.18. The lowest BCUT2D eigenvalue weighted by Crippen LogP contribution is -2.38. The largest absolute Gasteiger partial charge is 0.491 e. The second kappa shape index (κ2) is 11.6. The number of nitrogens with one attached hydrogen (secondary N) is 1. The molecular weight excluding hydrogens is 354 g/mol. The van der Waals surface area contributed by atoms with E-state index in [1.54, 1.807) is 12.4 Å². The van der Waals surface area contributed by atoms with E-state index in [0.717, 1.165) is 36.7 Å². The van der Waals surface area contributed by atoms with Gasteiger partial charge in [0.05, 0.1) is 6.20 Å². The Morgan fingerprint density at radius 2 is 1.93 bits per heavy atom. The summed E-state index contributed by atoms with van der Waals surface area (Å²) in [5.41, 5.74) is 1.08. The zero-order chi connectivity index (χ0) is 19.4.